The molecule has 1 aromatic carbocycles. The lowest BCUT2D eigenvalue weighted by atomic mass is 9.56. The molecule has 3 atom stereocenters. The molecule has 2 aromatic heterocycles. The Morgan fingerprint density at radius 3 is 2.72 bits per heavy atom. The summed E-state index contributed by atoms with van der Waals surface area (Å²) in [5.41, 5.74) is -0.738. The Bertz CT molecular complexity index is 1430. The molecule has 3 aromatic rings. The number of nitrogens with zero attached hydrogens (tertiary/aromatic N) is 4. The molecule has 3 heterocycles. The van der Waals surface area contributed by atoms with E-state index < -0.39 is 17.2 Å². The maximum absolute atomic E-state index is 13.3. The highest BCUT2D eigenvalue weighted by Crippen LogP contribution is 2.53. The highest BCUT2D eigenvalue weighted by Gasteiger charge is 2.62. The first kappa shape index (κ1) is 24.0. The molecule has 2 amide bonds. The van der Waals surface area contributed by atoms with E-state index in [-0.39, 0.29) is 58.4 Å². The Hall–Kier alpha value is -3.70. The van der Waals surface area contributed by atoms with Crippen LogP contribution >= 0.6 is 0 Å². The topological polar surface area (TPSA) is 113 Å². The summed E-state index contributed by atoms with van der Waals surface area (Å²) in [5, 5.41) is 7.44. The number of aryl methyl sites for hydroxylation is 1. The van der Waals surface area contributed by atoms with Crippen molar-refractivity contribution in [2.45, 2.75) is 52.0 Å². The number of aromatic nitrogens is 4. The maximum atomic E-state index is 13.3. The van der Waals surface area contributed by atoms with E-state index in [9.17, 15) is 27.6 Å². The fourth-order valence-corrected chi connectivity index (χ4v) is 5.87. The van der Waals surface area contributed by atoms with E-state index in [4.69, 9.17) is 0 Å². The van der Waals surface area contributed by atoms with E-state index in [1.165, 1.54) is 30.2 Å². The van der Waals surface area contributed by atoms with Gasteiger partial charge in [-0.1, -0.05) is 13.8 Å². The van der Waals surface area contributed by atoms with Crippen molar-refractivity contribution >= 4 is 22.8 Å². The number of amides is 2. The predicted molar refractivity (Wildman–Crippen MR) is 123 cm³/mol. The van der Waals surface area contributed by atoms with Crippen LogP contribution in [0.3, 0.4) is 0 Å². The van der Waals surface area contributed by atoms with Crippen LogP contribution in [0.25, 0.3) is 11.0 Å². The average molecular weight is 502 g/mol. The first-order chi connectivity index (χ1) is 16.9. The van der Waals surface area contributed by atoms with Crippen molar-refractivity contribution in [3.63, 3.8) is 0 Å². The van der Waals surface area contributed by atoms with Crippen molar-refractivity contribution in [1.82, 2.24) is 30.0 Å². The summed E-state index contributed by atoms with van der Waals surface area (Å²) < 4.78 is 40.5. The lowest BCUT2D eigenvalue weighted by Gasteiger charge is -2.57. The van der Waals surface area contributed by atoms with Gasteiger partial charge >= 0.3 is 6.18 Å². The Labute approximate surface area is 203 Å². The fraction of sp³-hybridized carbons (Fsp3) is 0.458. The van der Waals surface area contributed by atoms with Crippen LogP contribution in [0.2, 0.25) is 0 Å². The number of H-pyrrole nitrogens is 1. The van der Waals surface area contributed by atoms with E-state index in [2.05, 4.69) is 20.4 Å². The van der Waals surface area contributed by atoms with E-state index in [0.717, 1.165) is 12.1 Å². The number of nitrogens with one attached hydrogen (secondary N) is 2. The third kappa shape index (κ3) is 3.75. The van der Waals surface area contributed by atoms with E-state index in [1.54, 1.807) is 4.90 Å². The van der Waals surface area contributed by atoms with Crippen LogP contribution in [0.5, 0.6) is 0 Å². The molecule has 190 valence electrons. The number of fused-ring (bicyclic) bond motifs is 2. The zero-order valence-electron chi connectivity index (χ0n) is 19.9. The Morgan fingerprint density at radius 1 is 1.28 bits per heavy atom. The highest BCUT2D eigenvalue weighted by atomic mass is 19.4. The largest absolute Gasteiger partial charge is 0.416 e. The van der Waals surface area contributed by atoms with Gasteiger partial charge in [-0.2, -0.15) is 18.3 Å². The molecule has 2 fully saturated rings. The van der Waals surface area contributed by atoms with Gasteiger partial charge in [-0.25, -0.2) is 9.67 Å². The molecule has 2 aliphatic rings. The van der Waals surface area contributed by atoms with Crippen molar-refractivity contribution in [1.29, 1.82) is 0 Å². The molecule has 1 aliphatic carbocycles. The van der Waals surface area contributed by atoms with Gasteiger partial charge < -0.3 is 15.2 Å². The molecule has 0 spiro atoms. The number of carbonyl (C=O) groups excluding carboxylic acids is 2. The van der Waals surface area contributed by atoms with Crippen LogP contribution in [-0.4, -0.2) is 55.1 Å². The number of hydrogen-bond acceptors (Lipinski definition) is 5. The second-order valence-electron chi connectivity index (χ2n) is 10.1. The summed E-state index contributed by atoms with van der Waals surface area (Å²) in [6.45, 7) is 5.79. The van der Waals surface area contributed by atoms with Gasteiger partial charge in [-0.15, -0.1) is 0 Å². The van der Waals surface area contributed by atoms with Gasteiger partial charge in [0.05, 0.1) is 18.1 Å². The molecule has 36 heavy (non-hydrogen) atoms. The van der Waals surface area contributed by atoms with Gasteiger partial charge in [0.1, 0.15) is 11.9 Å². The third-order valence-electron chi connectivity index (χ3n) is 7.53. The standard InChI is InChI=1S/C24H25F3N6O3/c1-12-8-13(24(25,26)27)4-5-14(12)22(36)32-7-6-15-18(23(2,3)19(15)32)31-17(34)10-33-20-16(9-30-33)21(35)29-11-28-20/h4-5,8-9,11,15,18-19H,6-7,10H2,1-3H3,(H,31,34)(H,28,29,35). The number of hydrogen-bond donors (Lipinski definition) is 2. The van der Waals surface area contributed by atoms with Crippen molar-refractivity contribution in [2.75, 3.05) is 6.54 Å². The Balaban J connectivity index is 1.29. The van der Waals surface area contributed by atoms with Gasteiger partial charge in [0.25, 0.3) is 11.5 Å². The zero-order valence-corrected chi connectivity index (χ0v) is 19.9. The lowest BCUT2D eigenvalue weighted by Crippen LogP contribution is -2.70. The van der Waals surface area contributed by atoms with E-state index in [1.807, 2.05) is 13.8 Å². The van der Waals surface area contributed by atoms with Crippen LogP contribution < -0.4 is 10.9 Å². The SMILES string of the molecule is Cc1cc(C(F)(F)F)ccc1C(=O)N1CCC2C(NC(=O)Cn3ncc4c(=O)[nH]cnc43)C(C)(C)C21. The molecule has 5 rings (SSSR count). The zero-order chi connectivity index (χ0) is 26.0. The minimum atomic E-state index is -4.47. The maximum Gasteiger partial charge on any atom is 0.416 e. The quantitative estimate of drug-likeness (QED) is 0.569. The number of alkyl halides is 3. The number of aromatic amines is 1. The molecule has 0 bridgehead atoms. The molecular weight excluding hydrogens is 477 g/mol. The number of rotatable bonds is 4. The van der Waals surface area contributed by atoms with Gasteiger partial charge in [-0.3, -0.25) is 14.4 Å². The molecule has 0 radical (unpaired) electrons. The van der Waals surface area contributed by atoms with E-state index >= 15 is 0 Å². The van der Waals surface area contributed by atoms with Crippen molar-refractivity contribution in [3.05, 3.63) is 57.8 Å². The summed E-state index contributed by atoms with van der Waals surface area (Å²) in [7, 11) is 0. The first-order valence-electron chi connectivity index (χ1n) is 11.6. The Morgan fingerprint density at radius 2 is 2.03 bits per heavy atom. The number of halogens is 3. The molecular formula is C24H25F3N6O3. The normalized spacial score (nSPS) is 22.8. The minimum absolute atomic E-state index is 0.0259. The van der Waals surface area contributed by atoms with E-state index in [0.29, 0.717) is 18.6 Å². The van der Waals surface area contributed by atoms with Crippen LogP contribution in [0.1, 0.15) is 41.8 Å². The van der Waals surface area contributed by atoms with Gasteiger partial charge in [0.2, 0.25) is 5.91 Å². The van der Waals surface area contributed by atoms with Crippen molar-refractivity contribution in [3.8, 4) is 0 Å². The number of carbonyl (C=O) groups is 2. The second kappa shape index (κ2) is 8.17. The van der Waals surface area contributed by atoms with Crippen LogP contribution in [0, 0.1) is 18.3 Å². The summed E-state index contributed by atoms with van der Waals surface area (Å²) in [6, 6.07) is 2.83. The van der Waals surface area contributed by atoms with Crippen LogP contribution in [-0.2, 0) is 17.5 Å². The molecule has 1 saturated carbocycles. The summed E-state index contributed by atoms with van der Waals surface area (Å²) >= 11 is 0. The van der Waals surface area contributed by atoms with Gasteiger partial charge in [0, 0.05) is 35.5 Å². The van der Waals surface area contributed by atoms with Crippen molar-refractivity contribution in [2.24, 2.45) is 11.3 Å². The summed E-state index contributed by atoms with van der Waals surface area (Å²) in [6.07, 6.45) is -1.18. The highest BCUT2D eigenvalue weighted by molar-refractivity contribution is 5.96. The molecule has 9 nitrogen and oxygen atoms in total. The van der Waals surface area contributed by atoms with Gasteiger partial charge in [-0.05, 0) is 37.1 Å². The number of likely N-dealkylation sites (tertiary alicyclic amines) is 1. The minimum Gasteiger partial charge on any atom is -0.351 e. The summed E-state index contributed by atoms with van der Waals surface area (Å²) in [4.78, 5) is 46.3. The van der Waals surface area contributed by atoms with Crippen LogP contribution in [0.15, 0.2) is 35.5 Å². The summed E-state index contributed by atoms with van der Waals surface area (Å²) in [5.74, 6) is -0.564. The van der Waals surface area contributed by atoms with Crippen molar-refractivity contribution < 1.29 is 22.8 Å². The average Bonchev–Trinajstić information content (AvgIpc) is 3.41. The molecule has 2 N–H and O–H groups in total. The van der Waals surface area contributed by atoms with Crippen LogP contribution in [0.4, 0.5) is 13.2 Å². The monoisotopic (exact) mass is 502 g/mol. The predicted octanol–water partition coefficient (Wildman–Crippen LogP) is 2.50. The first-order valence-corrected chi connectivity index (χ1v) is 11.6. The number of benzene rings is 1. The molecule has 1 saturated heterocycles. The molecule has 3 unspecified atom stereocenters. The molecule has 1 aliphatic heterocycles. The second-order valence-corrected chi connectivity index (χ2v) is 10.1. The smallest absolute Gasteiger partial charge is 0.351 e. The molecule has 12 heteroatoms. The Kier molecular flexibility index (Phi) is 5.45. The van der Waals surface area contributed by atoms with Gasteiger partial charge in [0.15, 0.2) is 5.65 Å². The fourth-order valence-electron chi connectivity index (χ4n) is 5.87. The lowest BCUT2D eigenvalue weighted by molar-refractivity contribution is -0.137. The third-order valence-corrected chi connectivity index (χ3v) is 7.53.